The summed E-state index contributed by atoms with van der Waals surface area (Å²) in [7, 11) is 0. The first-order valence-electron chi connectivity index (χ1n) is 10.3. The lowest BCUT2D eigenvalue weighted by molar-refractivity contribution is -0.101. The maximum absolute atomic E-state index is 9.25. The van der Waals surface area contributed by atoms with Gasteiger partial charge in [-0.3, -0.25) is 0 Å². The molecule has 0 rings (SSSR count). The monoisotopic (exact) mass is 326 g/mol. The van der Waals surface area contributed by atoms with Gasteiger partial charge in [-0.15, -0.1) is 0 Å². The fourth-order valence-electron chi connectivity index (χ4n) is 2.69. The van der Waals surface area contributed by atoms with Gasteiger partial charge in [-0.05, 0) is 38.5 Å². The fourth-order valence-corrected chi connectivity index (χ4v) is 2.69. The molecule has 138 valence electrons. The van der Waals surface area contributed by atoms with Crippen LogP contribution in [0, 0.1) is 0 Å². The molecule has 1 atom stereocenters. The number of aliphatic hydroxyl groups excluding tert-OH is 1. The van der Waals surface area contributed by atoms with E-state index in [0.717, 1.165) is 6.42 Å². The number of ether oxygens (including phenoxy) is 1. The average Bonchev–Trinajstić information content (AvgIpc) is 2.57. The summed E-state index contributed by atoms with van der Waals surface area (Å²) in [6.07, 6.45) is 23.4. The molecule has 2 heteroatoms. The van der Waals surface area contributed by atoms with E-state index in [4.69, 9.17) is 4.74 Å². The van der Waals surface area contributed by atoms with Crippen LogP contribution in [0.3, 0.4) is 0 Å². The van der Waals surface area contributed by atoms with Gasteiger partial charge in [-0.1, -0.05) is 83.8 Å². The molecule has 0 fully saturated rings. The van der Waals surface area contributed by atoms with Crippen LogP contribution in [0.4, 0.5) is 0 Å². The predicted molar refractivity (Wildman–Crippen MR) is 102 cm³/mol. The molecule has 0 aliphatic carbocycles. The highest BCUT2D eigenvalue weighted by molar-refractivity contribution is 4.81. The van der Waals surface area contributed by atoms with Crippen LogP contribution in [-0.2, 0) is 4.74 Å². The molecule has 1 N–H and O–H groups in total. The zero-order valence-corrected chi connectivity index (χ0v) is 15.9. The van der Waals surface area contributed by atoms with Crippen LogP contribution in [0.25, 0.3) is 0 Å². The van der Waals surface area contributed by atoms with Crippen molar-refractivity contribution in [3.05, 3.63) is 12.2 Å². The molecular weight excluding hydrogens is 284 g/mol. The van der Waals surface area contributed by atoms with Crippen molar-refractivity contribution >= 4 is 0 Å². The molecule has 23 heavy (non-hydrogen) atoms. The van der Waals surface area contributed by atoms with Crippen LogP contribution in [0.15, 0.2) is 12.2 Å². The average molecular weight is 327 g/mol. The van der Waals surface area contributed by atoms with Crippen LogP contribution in [0.2, 0.25) is 0 Å². The van der Waals surface area contributed by atoms with E-state index in [9.17, 15) is 5.11 Å². The van der Waals surface area contributed by atoms with Crippen LogP contribution in [-0.4, -0.2) is 18.0 Å². The second-order valence-electron chi connectivity index (χ2n) is 6.67. The lowest BCUT2D eigenvalue weighted by Crippen LogP contribution is -2.10. The minimum Gasteiger partial charge on any atom is -0.368 e. The van der Waals surface area contributed by atoms with Crippen LogP contribution < -0.4 is 0 Å². The number of hydrogen-bond acceptors (Lipinski definition) is 2. The zero-order chi connectivity index (χ0) is 17.0. The molecule has 0 aliphatic rings. The summed E-state index contributed by atoms with van der Waals surface area (Å²) in [6, 6.07) is 0. The molecule has 0 heterocycles. The molecule has 0 aromatic carbocycles. The van der Waals surface area contributed by atoms with E-state index >= 15 is 0 Å². The van der Waals surface area contributed by atoms with E-state index in [1.54, 1.807) is 0 Å². The third-order valence-electron chi connectivity index (χ3n) is 4.32. The Labute approximate surface area is 145 Å². The van der Waals surface area contributed by atoms with Crippen molar-refractivity contribution in [1.29, 1.82) is 0 Å². The van der Waals surface area contributed by atoms with Crippen molar-refractivity contribution in [2.75, 3.05) is 6.61 Å². The number of allylic oxidation sites excluding steroid dienone is 2. The first-order chi connectivity index (χ1) is 11.3. The van der Waals surface area contributed by atoms with Gasteiger partial charge in [0.05, 0.1) is 0 Å². The zero-order valence-electron chi connectivity index (χ0n) is 15.9. The number of aliphatic hydroxyl groups is 1. The van der Waals surface area contributed by atoms with E-state index in [-0.39, 0.29) is 0 Å². The van der Waals surface area contributed by atoms with E-state index in [0.29, 0.717) is 13.0 Å². The lowest BCUT2D eigenvalue weighted by Gasteiger charge is -2.08. The third-order valence-corrected chi connectivity index (χ3v) is 4.32. The summed E-state index contributed by atoms with van der Waals surface area (Å²) >= 11 is 0. The second-order valence-corrected chi connectivity index (χ2v) is 6.67. The largest absolute Gasteiger partial charge is 0.368 e. The van der Waals surface area contributed by atoms with Crippen LogP contribution in [0.5, 0.6) is 0 Å². The van der Waals surface area contributed by atoms with Gasteiger partial charge >= 0.3 is 0 Å². The Morgan fingerprint density at radius 3 is 1.70 bits per heavy atom. The summed E-state index contributed by atoms with van der Waals surface area (Å²) in [5.41, 5.74) is 0. The van der Waals surface area contributed by atoms with E-state index in [1.165, 1.54) is 83.5 Å². The summed E-state index contributed by atoms with van der Waals surface area (Å²) in [4.78, 5) is 0. The minimum absolute atomic E-state index is 0.557. The molecule has 0 aliphatic heterocycles. The Morgan fingerprint density at radius 2 is 1.17 bits per heavy atom. The highest BCUT2D eigenvalue weighted by Gasteiger charge is 1.98. The van der Waals surface area contributed by atoms with Gasteiger partial charge in [-0.25, -0.2) is 0 Å². The maximum Gasteiger partial charge on any atom is 0.154 e. The van der Waals surface area contributed by atoms with Gasteiger partial charge in [0.1, 0.15) is 0 Å². The fraction of sp³-hybridized carbons (Fsp3) is 0.905. The molecule has 0 saturated carbocycles. The molecular formula is C21H42O2. The normalized spacial score (nSPS) is 13.0. The van der Waals surface area contributed by atoms with Gasteiger partial charge in [0.25, 0.3) is 0 Å². The highest BCUT2D eigenvalue weighted by Crippen LogP contribution is 2.10. The van der Waals surface area contributed by atoms with E-state index in [2.05, 4.69) is 19.1 Å². The second kappa shape index (κ2) is 19.7. The first-order valence-corrected chi connectivity index (χ1v) is 10.3. The predicted octanol–water partition coefficient (Wildman–Crippen LogP) is 6.77. The maximum atomic E-state index is 9.25. The van der Waals surface area contributed by atoms with Crippen LogP contribution >= 0.6 is 0 Å². The molecule has 0 radical (unpaired) electrons. The third kappa shape index (κ3) is 19.6. The van der Waals surface area contributed by atoms with Crippen LogP contribution in [0.1, 0.15) is 110 Å². The molecule has 0 spiro atoms. The summed E-state index contributed by atoms with van der Waals surface area (Å²) in [5.74, 6) is 0. The first kappa shape index (κ1) is 22.7. The van der Waals surface area contributed by atoms with E-state index < -0.39 is 6.29 Å². The van der Waals surface area contributed by atoms with Gasteiger partial charge < -0.3 is 9.84 Å². The molecule has 0 saturated heterocycles. The van der Waals surface area contributed by atoms with Gasteiger partial charge in [-0.2, -0.15) is 0 Å². The Kier molecular flexibility index (Phi) is 19.4. The molecule has 2 nitrogen and oxygen atoms in total. The Balaban J connectivity index is 3.08. The molecule has 1 unspecified atom stereocenters. The van der Waals surface area contributed by atoms with Crippen molar-refractivity contribution in [3.63, 3.8) is 0 Å². The molecule has 0 amide bonds. The molecule has 0 aromatic rings. The Bertz CT molecular complexity index is 238. The van der Waals surface area contributed by atoms with Gasteiger partial charge in [0, 0.05) is 6.61 Å². The topological polar surface area (TPSA) is 29.5 Å². The SMILES string of the molecule is CCCCCCCC/C=C\CCCCCCCCOC(O)CC. The Hall–Kier alpha value is -0.340. The summed E-state index contributed by atoms with van der Waals surface area (Å²) in [5, 5.41) is 9.25. The van der Waals surface area contributed by atoms with Crippen molar-refractivity contribution < 1.29 is 9.84 Å². The number of rotatable bonds is 18. The smallest absolute Gasteiger partial charge is 0.154 e. The van der Waals surface area contributed by atoms with Crippen molar-refractivity contribution in [2.24, 2.45) is 0 Å². The highest BCUT2D eigenvalue weighted by atomic mass is 16.6. The lowest BCUT2D eigenvalue weighted by atomic mass is 10.1. The number of hydrogen-bond donors (Lipinski definition) is 1. The minimum atomic E-state index is -0.557. The quantitative estimate of drug-likeness (QED) is 0.171. The van der Waals surface area contributed by atoms with E-state index in [1.807, 2.05) is 6.92 Å². The van der Waals surface area contributed by atoms with Crippen molar-refractivity contribution in [1.82, 2.24) is 0 Å². The summed E-state index contributed by atoms with van der Waals surface area (Å²) < 4.78 is 5.26. The van der Waals surface area contributed by atoms with Gasteiger partial charge in [0.15, 0.2) is 6.29 Å². The molecule has 0 bridgehead atoms. The number of unbranched alkanes of at least 4 members (excludes halogenated alkanes) is 12. The van der Waals surface area contributed by atoms with Crippen molar-refractivity contribution in [2.45, 2.75) is 116 Å². The summed E-state index contributed by atoms with van der Waals surface area (Å²) in [6.45, 7) is 4.92. The molecule has 0 aromatic heterocycles. The standard InChI is InChI=1S/C21H42O2/c1-3-5-6-7-8-9-10-11-12-13-14-15-16-17-18-19-20-23-21(22)4-2/h11-12,21-22H,3-10,13-20H2,1-2H3/b12-11-. The van der Waals surface area contributed by atoms with Gasteiger partial charge in [0.2, 0.25) is 0 Å². The Morgan fingerprint density at radius 1 is 0.696 bits per heavy atom. The van der Waals surface area contributed by atoms with Crippen molar-refractivity contribution in [3.8, 4) is 0 Å².